The van der Waals surface area contributed by atoms with Crippen LogP contribution in [0.5, 0.6) is 0 Å². The fourth-order valence-corrected chi connectivity index (χ4v) is 3.14. The maximum absolute atomic E-state index is 12.8. The first-order valence-corrected chi connectivity index (χ1v) is 7.78. The highest BCUT2D eigenvalue weighted by Crippen LogP contribution is 2.24. The molecule has 1 N–H and O–H groups in total. The summed E-state index contributed by atoms with van der Waals surface area (Å²) >= 11 is 3.32. The highest BCUT2D eigenvalue weighted by Gasteiger charge is 2.21. The number of halogens is 1. The molecule has 0 radical (unpaired) electrons. The van der Waals surface area contributed by atoms with Crippen LogP contribution in [-0.4, -0.2) is 15.6 Å². The first kappa shape index (κ1) is 14.5. The molecule has 0 amide bonds. The number of aromatic carboxylic acids is 1. The molecule has 0 aliphatic heterocycles. The van der Waals surface area contributed by atoms with Gasteiger partial charge in [0.1, 0.15) is 0 Å². The minimum atomic E-state index is -1.05. The molecule has 0 aliphatic carbocycles. The van der Waals surface area contributed by atoms with Gasteiger partial charge in [-0.15, -0.1) is 0 Å². The van der Waals surface area contributed by atoms with E-state index in [1.807, 2.05) is 18.2 Å². The Labute approximate surface area is 134 Å². The summed E-state index contributed by atoms with van der Waals surface area (Å²) in [7, 11) is 0. The summed E-state index contributed by atoms with van der Waals surface area (Å²) < 4.78 is 1.46. The Kier molecular flexibility index (Phi) is 3.81. The average molecular weight is 358 g/mol. The number of rotatable bonds is 3. The lowest BCUT2D eigenvalue weighted by molar-refractivity contribution is 0.0697. The number of alkyl halides is 1. The van der Waals surface area contributed by atoms with Gasteiger partial charge in [0, 0.05) is 21.8 Å². The first-order chi connectivity index (χ1) is 10.6. The van der Waals surface area contributed by atoms with Gasteiger partial charge in [0.05, 0.1) is 11.3 Å². The molecule has 3 rings (SSSR count). The van der Waals surface area contributed by atoms with Crippen LogP contribution in [0.2, 0.25) is 0 Å². The van der Waals surface area contributed by atoms with Gasteiger partial charge in [-0.2, -0.15) is 0 Å². The summed E-state index contributed by atoms with van der Waals surface area (Å²) in [5.74, 6) is -1.05. The molecule has 0 bridgehead atoms. The lowest BCUT2D eigenvalue weighted by Gasteiger charge is -2.16. The predicted molar refractivity (Wildman–Crippen MR) is 89.1 cm³/mol. The topological polar surface area (TPSA) is 59.3 Å². The molecule has 0 saturated carbocycles. The monoisotopic (exact) mass is 357 g/mol. The van der Waals surface area contributed by atoms with Gasteiger partial charge in [-0.25, -0.2) is 4.79 Å². The van der Waals surface area contributed by atoms with Crippen molar-refractivity contribution >= 4 is 32.7 Å². The van der Waals surface area contributed by atoms with E-state index in [1.54, 1.807) is 36.4 Å². The van der Waals surface area contributed by atoms with Gasteiger partial charge >= 0.3 is 5.97 Å². The van der Waals surface area contributed by atoms with Crippen molar-refractivity contribution in [1.29, 1.82) is 0 Å². The average Bonchev–Trinajstić information content (AvgIpc) is 2.55. The quantitative estimate of drug-likeness (QED) is 0.728. The zero-order chi connectivity index (χ0) is 15.7. The van der Waals surface area contributed by atoms with Crippen molar-refractivity contribution in [2.24, 2.45) is 0 Å². The van der Waals surface area contributed by atoms with Gasteiger partial charge < -0.3 is 5.11 Å². The molecule has 1 aromatic heterocycles. The number of carbonyl (C=O) groups is 1. The SMILES string of the molecule is O=C(O)c1c(CBr)n(-c2ccccc2)c(=O)c2ccccc12. The van der Waals surface area contributed by atoms with Crippen molar-refractivity contribution in [3.8, 4) is 5.69 Å². The Balaban J connectivity index is 2.55. The lowest BCUT2D eigenvalue weighted by Crippen LogP contribution is -2.25. The maximum Gasteiger partial charge on any atom is 0.338 e. The second kappa shape index (κ2) is 5.77. The molecule has 3 aromatic rings. The van der Waals surface area contributed by atoms with Crippen LogP contribution in [0.4, 0.5) is 0 Å². The van der Waals surface area contributed by atoms with E-state index in [1.165, 1.54) is 4.57 Å². The minimum absolute atomic E-state index is 0.149. The molecule has 2 aromatic carbocycles. The van der Waals surface area contributed by atoms with E-state index >= 15 is 0 Å². The molecule has 0 aliphatic rings. The minimum Gasteiger partial charge on any atom is -0.478 e. The van der Waals surface area contributed by atoms with Crippen molar-refractivity contribution < 1.29 is 9.90 Å². The highest BCUT2D eigenvalue weighted by molar-refractivity contribution is 9.08. The third-order valence-electron chi connectivity index (χ3n) is 3.54. The van der Waals surface area contributed by atoms with Gasteiger partial charge in [0.25, 0.3) is 5.56 Å². The van der Waals surface area contributed by atoms with E-state index in [4.69, 9.17) is 0 Å². The number of para-hydroxylation sites is 1. The van der Waals surface area contributed by atoms with E-state index in [-0.39, 0.29) is 16.5 Å². The molecular formula is C17H12BrNO3. The van der Waals surface area contributed by atoms with Gasteiger partial charge in [0.15, 0.2) is 0 Å². The summed E-state index contributed by atoms with van der Waals surface area (Å²) in [4.78, 5) is 24.6. The summed E-state index contributed by atoms with van der Waals surface area (Å²) in [5.41, 5.74) is 1.01. The number of aromatic nitrogens is 1. The Morgan fingerprint density at radius 2 is 1.59 bits per heavy atom. The molecule has 0 atom stereocenters. The largest absolute Gasteiger partial charge is 0.478 e. The number of carboxylic acid groups (broad SMARTS) is 1. The molecule has 22 heavy (non-hydrogen) atoms. The van der Waals surface area contributed by atoms with E-state index < -0.39 is 5.97 Å². The smallest absolute Gasteiger partial charge is 0.338 e. The number of benzene rings is 2. The molecule has 4 nitrogen and oxygen atoms in total. The normalized spacial score (nSPS) is 10.8. The zero-order valence-corrected chi connectivity index (χ0v) is 13.1. The van der Waals surface area contributed by atoms with E-state index in [2.05, 4.69) is 15.9 Å². The first-order valence-electron chi connectivity index (χ1n) is 6.66. The number of pyridine rings is 1. The van der Waals surface area contributed by atoms with Crippen LogP contribution < -0.4 is 5.56 Å². The van der Waals surface area contributed by atoms with Crippen LogP contribution in [0.3, 0.4) is 0 Å². The van der Waals surface area contributed by atoms with Crippen molar-refractivity contribution in [3.05, 3.63) is 76.2 Å². The molecule has 0 spiro atoms. The standard InChI is InChI=1S/C17H12BrNO3/c18-10-14-15(17(21)22)12-8-4-5-9-13(12)16(20)19(14)11-6-2-1-3-7-11/h1-9H,10H2,(H,21,22). The van der Waals surface area contributed by atoms with Crippen molar-refractivity contribution in [2.45, 2.75) is 5.33 Å². The van der Waals surface area contributed by atoms with Crippen LogP contribution in [0, 0.1) is 0 Å². The van der Waals surface area contributed by atoms with Crippen molar-refractivity contribution in [1.82, 2.24) is 4.57 Å². The Morgan fingerprint density at radius 1 is 1.00 bits per heavy atom. The molecule has 0 unspecified atom stereocenters. The Bertz CT molecular complexity index is 916. The molecular weight excluding hydrogens is 346 g/mol. The molecule has 0 saturated heterocycles. The van der Waals surface area contributed by atoms with E-state index in [0.717, 1.165) is 0 Å². The third kappa shape index (κ3) is 2.23. The number of fused-ring (bicyclic) bond motifs is 1. The van der Waals surface area contributed by atoms with Gasteiger partial charge in [0.2, 0.25) is 0 Å². The summed E-state index contributed by atoms with van der Waals surface area (Å²) in [6.07, 6.45) is 0. The van der Waals surface area contributed by atoms with Crippen molar-refractivity contribution in [3.63, 3.8) is 0 Å². The van der Waals surface area contributed by atoms with Crippen LogP contribution in [0.25, 0.3) is 16.5 Å². The Morgan fingerprint density at radius 3 is 2.18 bits per heavy atom. The number of hydrogen-bond acceptors (Lipinski definition) is 2. The summed E-state index contributed by atoms with van der Waals surface area (Å²) in [5, 5.41) is 10.7. The maximum atomic E-state index is 12.8. The van der Waals surface area contributed by atoms with Crippen LogP contribution in [0.1, 0.15) is 16.1 Å². The number of carboxylic acids is 1. The molecule has 0 fully saturated rings. The zero-order valence-electron chi connectivity index (χ0n) is 11.5. The van der Waals surface area contributed by atoms with Gasteiger partial charge in [-0.3, -0.25) is 9.36 Å². The van der Waals surface area contributed by atoms with Crippen LogP contribution in [0.15, 0.2) is 59.4 Å². The summed E-state index contributed by atoms with van der Waals surface area (Å²) in [6.45, 7) is 0. The summed E-state index contributed by atoms with van der Waals surface area (Å²) in [6, 6.07) is 15.8. The third-order valence-corrected chi connectivity index (χ3v) is 4.07. The number of hydrogen-bond donors (Lipinski definition) is 1. The fraction of sp³-hybridized carbons (Fsp3) is 0.0588. The Hall–Kier alpha value is -2.40. The van der Waals surface area contributed by atoms with Gasteiger partial charge in [-0.05, 0) is 18.2 Å². The molecule has 110 valence electrons. The highest BCUT2D eigenvalue weighted by atomic mass is 79.9. The fourth-order valence-electron chi connectivity index (χ4n) is 2.61. The van der Waals surface area contributed by atoms with E-state index in [0.29, 0.717) is 22.2 Å². The lowest BCUT2D eigenvalue weighted by atomic mass is 10.0. The van der Waals surface area contributed by atoms with Crippen molar-refractivity contribution in [2.75, 3.05) is 0 Å². The second-order valence-electron chi connectivity index (χ2n) is 4.78. The van der Waals surface area contributed by atoms with Crippen LogP contribution >= 0.6 is 15.9 Å². The van der Waals surface area contributed by atoms with Crippen LogP contribution in [-0.2, 0) is 5.33 Å². The number of nitrogens with zero attached hydrogens (tertiary/aromatic N) is 1. The predicted octanol–water partition coefficient (Wildman–Crippen LogP) is 3.58. The van der Waals surface area contributed by atoms with E-state index in [9.17, 15) is 14.7 Å². The van der Waals surface area contributed by atoms with Gasteiger partial charge in [-0.1, -0.05) is 52.3 Å². The second-order valence-corrected chi connectivity index (χ2v) is 5.34. The molecule has 1 heterocycles. The molecule has 5 heteroatoms.